The van der Waals surface area contributed by atoms with E-state index in [1.807, 2.05) is 19.1 Å². The van der Waals surface area contributed by atoms with Crippen LogP contribution in [0.2, 0.25) is 5.02 Å². The molecule has 1 aromatic carbocycles. The van der Waals surface area contributed by atoms with Crippen molar-refractivity contribution < 1.29 is 4.42 Å². The Balaban J connectivity index is 1.60. The zero-order chi connectivity index (χ0) is 21.3. The predicted molar refractivity (Wildman–Crippen MR) is 115 cm³/mol. The Morgan fingerprint density at radius 2 is 2.10 bits per heavy atom. The van der Waals surface area contributed by atoms with Crippen LogP contribution in [0, 0.1) is 0 Å². The number of thioether (sulfide) groups is 1. The number of H-pyrrole nitrogens is 1. The maximum absolute atomic E-state index is 12.3. The fourth-order valence-corrected chi connectivity index (χ4v) is 4.01. The van der Waals surface area contributed by atoms with Gasteiger partial charge < -0.3 is 8.98 Å². The van der Waals surface area contributed by atoms with Crippen molar-refractivity contribution in [1.82, 2.24) is 29.3 Å². The van der Waals surface area contributed by atoms with E-state index in [-0.39, 0.29) is 0 Å². The van der Waals surface area contributed by atoms with Gasteiger partial charge in [0.05, 0.1) is 5.75 Å². The third kappa shape index (κ3) is 3.92. The highest BCUT2D eigenvalue weighted by Crippen LogP contribution is 2.27. The molecule has 0 saturated carbocycles. The average Bonchev–Trinajstić information content (AvgIpc) is 3.31. The molecular weight excluding hydrogens is 428 g/mol. The van der Waals surface area contributed by atoms with Crippen molar-refractivity contribution in [3.05, 3.63) is 56.0 Å². The molecule has 3 heterocycles. The first-order chi connectivity index (χ1) is 14.5. The monoisotopic (exact) mass is 446 g/mol. The normalized spacial score (nSPS) is 11.4. The number of hydrogen-bond acceptors (Lipinski definition) is 7. The number of aromatic nitrogens is 6. The lowest BCUT2D eigenvalue weighted by atomic mass is 10.2. The summed E-state index contributed by atoms with van der Waals surface area (Å²) in [5, 5.41) is 9.06. The average molecular weight is 447 g/mol. The van der Waals surface area contributed by atoms with E-state index >= 15 is 0 Å². The van der Waals surface area contributed by atoms with Gasteiger partial charge in [-0.2, -0.15) is 0 Å². The highest BCUT2D eigenvalue weighted by Gasteiger charge is 2.17. The number of benzene rings is 1. The number of nitrogens with one attached hydrogen (secondary N) is 1. The van der Waals surface area contributed by atoms with Gasteiger partial charge in [0.25, 0.3) is 10.8 Å². The maximum Gasteiger partial charge on any atom is 0.330 e. The van der Waals surface area contributed by atoms with Gasteiger partial charge in [0.2, 0.25) is 5.89 Å². The first-order valence-corrected chi connectivity index (χ1v) is 10.7. The Morgan fingerprint density at radius 3 is 2.87 bits per heavy atom. The van der Waals surface area contributed by atoms with Gasteiger partial charge >= 0.3 is 5.69 Å². The molecule has 0 radical (unpaired) electrons. The van der Waals surface area contributed by atoms with Crippen LogP contribution in [-0.2, 0) is 19.3 Å². The Labute approximate surface area is 180 Å². The molecular formula is C19H19ClN6O3S. The Bertz CT molecular complexity index is 1320. The standard InChI is InChI=1S/C19H19ClN6O3S/c1-3-4-8-26-15-14(16(27)22-18(26)28)25(2)13(21-15)10-30-19-24-23-17(29-19)11-6-5-7-12(20)9-11/h5-7,9H,3-4,8,10H2,1-2H3,(H,22,27,28). The molecule has 0 unspecified atom stereocenters. The van der Waals surface area contributed by atoms with Crippen molar-refractivity contribution in [2.45, 2.75) is 37.3 Å². The largest absolute Gasteiger partial charge is 0.411 e. The molecule has 9 nitrogen and oxygen atoms in total. The van der Waals surface area contributed by atoms with Gasteiger partial charge in [-0.25, -0.2) is 9.78 Å². The van der Waals surface area contributed by atoms with Crippen molar-refractivity contribution in [3.8, 4) is 11.5 Å². The van der Waals surface area contributed by atoms with E-state index in [4.69, 9.17) is 16.0 Å². The van der Waals surface area contributed by atoms with Crippen LogP contribution in [0.25, 0.3) is 22.6 Å². The lowest BCUT2D eigenvalue weighted by Crippen LogP contribution is -2.31. The van der Waals surface area contributed by atoms with E-state index in [2.05, 4.69) is 20.2 Å². The Hall–Kier alpha value is -2.85. The van der Waals surface area contributed by atoms with Gasteiger partial charge in [0.15, 0.2) is 11.2 Å². The van der Waals surface area contributed by atoms with Crippen molar-refractivity contribution in [2.24, 2.45) is 7.05 Å². The molecule has 4 rings (SSSR count). The van der Waals surface area contributed by atoms with Gasteiger partial charge in [-0.15, -0.1) is 10.2 Å². The van der Waals surface area contributed by atoms with Crippen LogP contribution < -0.4 is 11.2 Å². The van der Waals surface area contributed by atoms with Gasteiger partial charge in [0, 0.05) is 24.2 Å². The maximum atomic E-state index is 12.3. The number of hydrogen-bond donors (Lipinski definition) is 1. The molecule has 156 valence electrons. The van der Waals surface area contributed by atoms with E-state index in [1.165, 1.54) is 16.3 Å². The molecule has 30 heavy (non-hydrogen) atoms. The summed E-state index contributed by atoms with van der Waals surface area (Å²) in [6.07, 6.45) is 1.74. The van der Waals surface area contributed by atoms with Gasteiger partial charge in [-0.3, -0.25) is 14.3 Å². The SMILES string of the molecule is CCCCn1c(=O)[nH]c(=O)c2c1nc(CSc1nnc(-c3cccc(Cl)c3)o1)n2C. The summed E-state index contributed by atoms with van der Waals surface area (Å²) in [5.41, 5.74) is 0.597. The Morgan fingerprint density at radius 1 is 1.27 bits per heavy atom. The van der Waals surface area contributed by atoms with E-state index < -0.39 is 11.2 Å². The first-order valence-electron chi connectivity index (χ1n) is 9.38. The van der Waals surface area contributed by atoms with E-state index in [1.54, 1.807) is 23.7 Å². The van der Waals surface area contributed by atoms with Crippen LogP contribution in [-0.4, -0.2) is 29.3 Å². The van der Waals surface area contributed by atoms with Crippen molar-refractivity contribution >= 4 is 34.5 Å². The number of halogens is 1. The number of unbranched alkanes of at least 4 members (excludes halogenated alkanes) is 1. The summed E-state index contributed by atoms with van der Waals surface area (Å²) in [6, 6.07) is 7.16. The minimum atomic E-state index is -0.449. The lowest BCUT2D eigenvalue weighted by molar-refractivity contribution is 0.465. The van der Waals surface area contributed by atoms with E-state index in [0.29, 0.717) is 45.4 Å². The third-order valence-electron chi connectivity index (χ3n) is 4.64. The molecule has 11 heteroatoms. The summed E-state index contributed by atoms with van der Waals surface area (Å²) < 4.78 is 8.91. The lowest BCUT2D eigenvalue weighted by Gasteiger charge is -2.04. The van der Waals surface area contributed by atoms with Crippen LogP contribution in [0.15, 0.2) is 43.5 Å². The van der Waals surface area contributed by atoms with E-state index in [0.717, 1.165) is 18.4 Å². The zero-order valence-corrected chi connectivity index (χ0v) is 18.0. The molecule has 0 spiro atoms. The molecule has 0 aliphatic carbocycles. The second-order valence-corrected chi connectivity index (χ2v) is 8.06. The van der Waals surface area contributed by atoms with Crippen LogP contribution in [0.1, 0.15) is 25.6 Å². The first kappa shape index (κ1) is 20.4. The van der Waals surface area contributed by atoms with Crippen LogP contribution in [0.3, 0.4) is 0 Å². The molecule has 0 fully saturated rings. The summed E-state index contributed by atoms with van der Waals surface area (Å²) >= 11 is 7.31. The predicted octanol–water partition coefficient (Wildman–Crippen LogP) is 3.22. The number of aryl methyl sites for hydroxylation is 2. The molecule has 0 aliphatic heterocycles. The summed E-state index contributed by atoms with van der Waals surface area (Å²) in [4.78, 5) is 31.5. The number of fused-ring (bicyclic) bond motifs is 1. The third-order valence-corrected chi connectivity index (χ3v) is 5.69. The quantitative estimate of drug-likeness (QED) is 0.434. The summed E-state index contributed by atoms with van der Waals surface area (Å²) in [5.74, 6) is 1.39. The number of rotatable bonds is 7. The molecule has 0 amide bonds. The molecule has 0 bridgehead atoms. The topological polar surface area (TPSA) is 112 Å². The van der Waals surface area contributed by atoms with Crippen LogP contribution in [0.5, 0.6) is 0 Å². The summed E-state index contributed by atoms with van der Waals surface area (Å²) in [6.45, 7) is 2.54. The number of aromatic amines is 1. The van der Waals surface area contributed by atoms with E-state index in [9.17, 15) is 9.59 Å². The molecule has 0 aliphatic rings. The van der Waals surface area contributed by atoms with Gasteiger partial charge in [0.1, 0.15) is 5.82 Å². The Kier molecular flexibility index (Phi) is 5.78. The second kappa shape index (κ2) is 8.49. The second-order valence-electron chi connectivity index (χ2n) is 6.70. The van der Waals surface area contributed by atoms with Crippen LogP contribution >= 0.6 is 23.4 Å². The highest BCUT2D eigenvalue weighted by molar-refractivity contribution is 7.98. The smallest absolute Gasteiger partial charge is 0.330 e. The minimum Gasteiger partial charge on any atom is -0.411 e. The fourth-order valence-electron chi connectivity index (χ4n) is 3.08. The zero-order valence-electron chi connectivity index (χ0n) is 16.4. The molecule has 3 aromatic heterocycles. The molecule has 4 aromatic rings. The van der Waals surface area contributed by atoms with Gasteiger partial charge in [-0.1, -0.05) is 42.8 Å². The number of nitrogens with zero attached hydrogens (tertiary/aromatic N) is 5. The molecule has 0 atom stereocenters. The highest BCUT2D eigenvalue weighted by atomic mass is 35.5. The van der Waals surface area contributed by atoms with Crippen LogP contribution in [0.4, 0.5) is 0 Å². The summed E-state index contributed by atoms with van der Waals surface area (Å²) in [7, 11) is 1.75. The fraction of sp³-hybridized carbons (Fsp3) is 0.316. The van der Waals surface area contributed by atoms with Crippen molar-refractivity contribution in [1.29, 1.82) is 0 Å². The number of imidazole rings is 1. The van der Waals surface area contributed by atoms with Crippen molar-refractivity contribution in [2.75, 3.05) is 0 Å². The minimum absolute atomic E-state index is 0.367. The van der Waals surface area contributed by atoms with Crippen molar-refractivity contribution in [3.63, 3.8) is 0 Å². The molecule has 0 saturated heterocycles. The molecule has 1 N–H and O–H groups in total. The van der Waals surface area contributed by atoms with Gasteiger partial charge in [-0.05, 0) is 24.6 Å².